The van der Waals surface area contributed by atoms with Crippen LogP contribution in [0.4, 0.5) is 10.1 Å². The van der Waals surface area contributed by atoms with Crippen molar-refractivity contribution in [3.63, 3.8) is 0 Å². The van der Waals surface area contributed by atoms with E-state index in [1.54, 1.807) is 6.92 Å². The van der Waals surface area contributed by atoms with Gasteiger partial charge >= 0.3 is 5.97 Å². The van der Waals surface area contributed by atoms with E-state index >= 15 is 0 Å². The molecule has 1 heterocycles. The first-order chi connectivity index (χ1) is 12.6. The van der Waals surface area contributed by atoms with Crippen LogP contribution >= 0.6 is 23.2 Å². The number of hydrogen-bond donors (Lipinski definition) is 1. The Kier molecular flexibility index (Phi) is 6.84. The summed E-state index contributed by atoms with van der Waals surface area (Å²) >= 11 is 12.1. The lowest BCUT2D eigenvalue weighted by molar-refractivity contribution is -0.123. The Balaban J connectivity index is 2.09. The largest absolute Gasteiger partial charge is 0.449 e. The van der Waals surface area contributed by atoms with Crippen LogP contribution in [0.1, 0.15) is 36.8 Å². The van der Waals surface area contributed by atoms with Gasteiger partial charge in [-0.05, 0) is 38.0 Å². The molecule has 2 rings (SSSR count). The zero-order valence-corrected chi connectivity index (χ0v) is 16.9. The van der Waals surface area contributed by atoms with Gasteiger partial charge in [0.25, 0.3) is 5.91 Å². The van der Waals surface area contributed by atoms with Gasteiger partial charge in [0.1, 0.15) is 16.5 Å². The second-order valence-corrected chi connectivity index (χ2v) is 7.25. The van der Waals surface area contributed by atoms with E-state index in [0.717, 1.165) is 12.1 Å². The highest BCUT2D eigenvalue weighted by molar-refractivity contribution is 6.34. The first-order valence-electron chi connectivity index (χ1n) is 8.30. The fraction of sp³-hybridized carbons (Fsp3) is 0.389. The molecule has 0 aliphatic carbocycles. The minimum atomic E-state index is -1.12. The molecule has 146 valence electrons. The van der Waals surface area contributed by atoms with Crippen molar-refractivity contribution in [1.82, 2.24) is 9.78 Å². The molecule has 0 saturated heterocycles. The molecule has 0 aliphatic heterocycles. The fourth-order valence-corrected chi connectivity index (χ4v) is 2.89. The van der Waals surface area contributed by atoms with E-state index in [4.69, 9.17) is 27.9 Å². The van der Waals surface area contributed by atoms with E-state index in [2.05, 4.69) is 10.4 Å². The maximum absolute atomic E-state index is 13.1. The Hall–Kier alpha value is -2.12. The molecule has 27 heavy (non-hydrogen) atoms. The summed E-state index contributed by atoms with van der Waals surface area (Å²) in [6.07, 6.45) is -1.12. The van der Waals surface area contributed by atoms with Crippen LogP contribution in [-0.4, -0.2) is 27.8 Å². The third-order valence-electron chi connectivity index (χ3n) is 3.65. The number of ether oxygens (including phenoxy) is 1. The van der Waals surface area contributed by atoms with Gasteiger partial charge in [-0.3, -0.25) is 9.48 Å². The van der Waals surface area contributed by atoms with Crippen molar-refractivity contribution >= 4 is 40.8 Å². The predicted molar refractivity (Wildman–Crippen MR) is 102 cm³/mol. The molecule has 0 saturated carbocycles. The van der Waals surface area contributed by atoms with E-state index in [0.29, 0.717) is 12.2 Å². The lowest BCUT2D eigenvalue weighted by Crippen LogP contribution is -2.30. The monoisotopic (exact) mass is 415 g/mol. The number of rotatable bonds is 6. The average Bonchev–Trinajstić information content (AvgIpc) is 2.83. The van der Waals surface area contributed by atoms with E-state index in [-0.39, 0.29) is 27.3 Å². The van der Waals surface area contributed by atoms with Crippen LogP contribution in [0.25, 0.3) is 0 Å². The molecule has 1 atom stereocenters. The molecule has 1 N–H and O–H groups in total. The molecule has 9 heteroatoms. The Labute approximate surface area is 166 Å². The van der Waals surface area contributed by atoms with Gasteiger partial charge in [-0.1, -0.05) is 37.0 Å². The number of halogens is 3. The molecule has 1 aromatic carbocycles. The smallest absolute Gasteiger partial charge is 0.343 e. The number of benzene rings is 1. The summed E-state index contributed by atoms with van der Waals surface area (Å²) in [5, 5.41) is 6.93. The molecule has 0 radical (unpaired) electrons. The number of carbonyl (C=O) groups is 2. The van der Waals surface area contributed by atoms with Gasteiger partial charge in [0.05, 0.1) is 16.4 Å². The summed E-state index contributed by atoms with van der Waals surface area (Å²) in [7, 11) is 0. The topological polar surface area (TPSA) is 73.2 Å². The highest BCUT2D eigenvalue weighted by Gasteiger charge is 2.26. The Bertz CT molecular complexity index is 868. The Morgan fingerprint density at radius 3 is 2.56 bits per heavy atom. The SMILES string of the molecule is Cc1nn(CC(C)C)c(Cl)c1C(=O)O[C@@H](C)C(=O)Nc1ccc(F)cc1Cl. The second kappa shape index (κ2) is 8.71. The normalized spacial score (nSPS) is 12.1. The average molecular weight is 416 g/mol. The van der Waals surface area contributed by atoms with Crippen LogP contribution in [0.15, 0.2) is 18.2 Å². The second-order valence-electron chi connectivity index (χ2n) is 6.49. The van der Waals surface area contributed by atoms with E-state index in [1.165, 1.54) is 17.7 Å². The molecule has 0 spiro atoms. The van der Waals surface area contributed by atoms with E-state index in [1.807, 2.05) is 13.8 Å². The lowest BCUT2D eigenvalue weighted by atomic mass is 10.2. The van der Waals surface area contributed by atoms with Crippen molar-refractivity contribution in [2.75, 3.05) is 5.32 Å². The third kappa shape index (κ3) is 5.20. The van der Waals surface area contributed by atoms with Crippen LogP contribution < -0.4 is 5.32 Å². The van der Waals surface area contributed by atoms with Crippen molar-refractivity contribution < 1.29 is 18.7 Å². The van der Waals surface area contributed by atoms with Crippen molar-refractivity contribution in [3.8, 4) is 0 Å². The molecule has 0 aliphatic rings. The fourth-order valence-electron chi connectivity index (χ4n) is 2.35. The maximum Gasteiger partial charge on any atom is 0.343 e. The van der Waals surface area contributed by atoms with Gasteiger partial charge in [-0.15, -0.1) is 0 Å². The van der Waals surface area contributed by atoms with Crippen molar-refractivity contribution in [2.24, 2.45) is 5.92 Å². The number of carbonyl (C=O) groups excluding carboxylic acids is 2. The Morgan fingerprint density at radius 2 is 1.96 bits per heavy atom. The summed E-state index contributed by atoms with van der Waals surface area (Å²) in [5.41, 5.74) is 0.751. The minimum Gasteiger partial charge on any atom is -0.449 e. The quantitative estimate of drug-likeness (QED) is 0.705. The van der Waals surface area contributed by atoms with Crippen molar-refractivity contribution in [2.45, 2.75) is 40.3 Å². The third-order valence-corrected chi connectivity index (χ3v) is 4.35. The molecular weight excluding hydrogens is 396 g/mol. The standard InChI is InChI=1S/C18H20Cl2FN3O3/c1-9(2)8-24-16(20)15(10(3)23-24)18(26)27-11(4)17(25)22-14-6-5-12(21)7-13(14)19/h5-7,9,11H,8H2,1-4H3,(H,22,25)/t11-/m0/s1. The van der Waals surface area contributed by atoms with Gasteiger partial charge in [0.15, 0.2) is 6.10 Å². The number of hydrogen-bond acceptors (Lipinski definition) is 4. The van der Waals surface area contributed by atoms with E-state index in [9.17, 15) is 14.0 Å². The highest BCUT2D eigenvalue weighted by Crippen LogP contribution is 2.24. The van der Waals surface area contributed by atoms with Crippen molar-refractivity contribution in [3.05, 3.63) is 45.4 Å². The van der Waals surface area contributed by atoms with Crippen LogP contribution in [0, 0.1) is 18.7 Å². The summed E-state index contributed by atoms with van der Waals surface area (Å²) in [6.45, 7) is 7.59. The van der Waals surface area contributed by atoms with E-state index < -0.39 is 23.8 Å². The molecule has 1 aromatic heterocycles. The number of nitrogens with zero attached hydrogens (tertiary/aromatic N) is 2. The minimum absolute atomic E-state index is 0.0377. The molecule has 6 nitrogen and oxygen atoms in total. The summed E-state index contributed by atoms with van der Waals surface area (Å²) < 4.78 is 19.8. The molecule has 2 aromatic rings. The summed E-state index contributed by atoms with van der Waals surface area (Å²) in [6, 6.07) is 3.55. The lowest BCUT2D eigenvalue weighted by Gasteiger charge is -2.14. The van der Waals surface area contributed by atoms with Crippen LogP contribution in [0.3, 0.4) is 0 Å². The zero-order valence-electron chi connectivity index (χ0n) is 15.3. The van der Waals surface area contributed by atoms with Crippen LogP contribution in [-0.2, 0) is 16.1 Å². The molecular formula is C18H20Cl2FN3O3. The molecule has 1 amide bonds. The summed E-state index contributed by atoms with van der Waals surface area (Å²) in [5.74, 6) is -1.60. The van der Waals surface area contributed by atoms with Crippen molar-refractivity contribution in [1.29, 1.82) is 0 Å². The summed E-state index contributed by atoms with van der Waals surface area (Å²) in [4.78, 5) is 24.7. The van der Waals surface area contributed by atoms with Gasteiger partial charge in [-0.25, -0.2) is 9.18 Å². The molecule has 0 bridgehead atoms. The van der Waals surface area contributed by atoms with Crippen LogP contribution in [0.2, 0.25) is 10.2 Å². The maximum atomic E-state index is 13.1. The highest BCUT2D eigenvalue weighted by atomic mass is 35.5. The number of esters is 1. The first kappa shape index (κ1) is 21.2. The van der Waals surface area contributed by atoms with Gasteiger partial charge in [-0.2, -0.15) is 5.10 Å². The number of nitrogens with one attached hydrogen (secondary N) is 1. The number of amides is 1. The van der Waals surface area contributed by atoms with Gasteiger partial charge < -0.3 is 10.1 Å². The van der Waals surface area contributed by atoms with Crippen LogP contribution in [0.5, 0.6) is 0 Å². The van der Waals surface area contributed by atoms with Gasteiger partial charge in [0.2, 0.25) is 0 Å². The molecule has 0 unspecified atom stereocenters. The molecule has 0 fully saturated rings. The zero-order chi connectivity index (χ0) is 20.3. The first-order valence-corrected chi connectivity index (χ1v) is 9.05. The predicted octanol–water partition coefficient (Wildman–Crippen LogP) is 4.48. The number of aromatic nitrogens is 2. The van der Waals surface area contributed by atoms with Gasteiger partial charge in [0, 0.05) is 6.54 Å². The number of anilines is 1. The number of aryl methyl sites for hydroxylation is 1. The Morgan fingerprint density at radius 1 is 1.30 bits per heavy atom.